The van der Waals surface area contributed by atoms with Crippen LogP contribution >= 0.6 is 11.6 Å². The molecule has 1 fully saturated rings. The van der Waals surface area contributed by atoms with Gasteiger partial charge >= 0.3 is 5.69 Å². The first-order valence-electron chi connectivity index (χ1n) is 12.4. The highest BCUT2D eigenvalue weighted by atomic mass is 35.5. The van der Waals surface area contributed by atoms with Gasteiger partial charge in [0.25, 0.3) is 0 Å². The van der Waals surface area contributed by atoms with Crippen molar-refractivity contribution >= 4 is 23.0 Å². The Balaban J connectivity index is 1.29. The third-order valence-corrected chi connectivity index (χ3v) is 7.42. The number of aromatic hydroxyl groups is 1. The molecule has 37 heavy (non-hydrogen) atoms. The summed E-state index contributed by atoms with van der Waals surface area (Å²) in [6.07, 6.45) is 0.954. The highest BCUT2D eigenvalue weighted by Gasteiger charge is 2.23. The smallest absolute Gasteiger partial charge is 0.333 e. The number of imidazole rings is 1. The summed E-state index contributed by atoms with van der Waals surface area (Å²) >= 11 is 5.97. The second-order valence-corrected chi connectivity index (χ2v) is 9.98. The lowest BCUT2D eigenvalue weighted by Crippen LogP contribution is -2.46. The Hall–Kier alpha value is -3.68. The number of anilines is 2. The zero-order chi connectivity index (χ0) is 26.1. The molecule has 2 N–H and O–H groups in total. The average Bonchev–Trinajstić information content (AvgIpc) is 3.22. The maximum Gasteiger partial charge on any atom is 0.333 e. The van der Waals surface area contributed by atoms with Crippen LogP contribution < -0.4 is 15.5 Å². The van der Waals surface area contributed by atoms with Gasteiger partial charge in [0.2, 0.25) is 0 Å². The van der Waals surface area contributed by atoms with Gasteiger partial charge in [-0.2, -0.15) is 0 Å². The molecule has 5 rings (SSSR count). The van der Waals surface area contributed by atoms with Crippen LogP contribution in [0.5, 0.6) is 5.75 Å². The first-order chi connectivity index (χ1) is 17.8. The molecular weight excluding hydrogens is 488 g/mol. The first-order valence-corrected chi connectivity index (χ1v) is 12.8. The Bertz CT molecular complexity index is 1400. The molecule has 0 aliphatic carbocycles. The molecule has 0 bridgehead atoms. The number of piperazine rings is 1. The van der Waals surface area contributed by atoms with Crippen LogP contribution in [0.2, 0.25) is 5.02 Å². The molecular formula is C29H31ClN4O3. The van der Waals surface area contributed by atoms with E-state index >= 15 is 0 Å². The zero-order valence-corrected chi connectivity index (χ0v) is 21.7. The van der Waals surface area contributed by atoms with E-state index in [0.29, 0.717) is 10.6 Å². The first kappa shape index (κ1) is 25.0. The van der Waals surface area contributed by atoms with Crippen molar-refractivity contribution in [3.05, 3.63) is 106 Å². The maximum atomic E-state index is 13.4. The van der Waals surface area contributed by atoms with Crippen LogP contribution in [0, 0.1) is 6.92 Å². The number of nitrogens with zero attached hydrogens (tertiary/aromatic N) is 4. The number of rotatable bonds is 6. The van der Waals surface area contributed by atoms with E-state index in [1.54, 1.807) is 51.7 Å². The molecule has 1 saturated heterocycles. The third kappa shape index (κ3) is 5.10. The van der Waals surface area contributed by atoms with Gasteiger partial charge in [-0.15, -0.1) is 0 Å². The van der Waals surface area contributed by atoms with Crippen molar-refractivity contribution in [3.63, 3.8) is 0 Å². The molecule has 1 aromatic heterocycles. The molecule has 2 heterocycles. The molecule has 4 aromatic rings. The molecule has 0 spiro atoms. The lowest BCUT2D eigenvalue weighted by atomic mass is 10.0. The number of aryl methyl sites for hydroxylation is 1. The van der Waals surface area contributed by atoms with Crippen molar-refractivity contribution in [2.45, 2.75) is 26.0 Å². The summed E-state index contributed by atoms with van der Waals surface area (Å²) in [6.45, 7) is 7.29. The van der Waals surface area contributed by atoms with Crippen LogP contribution in [0.1, 0.15) is 30.3 Å². The number of hydrogen-bond acceptors (Lipinski definition) is 5. The quantitative estimate of drug-likeness (QED) is 0.379. The van der Waals surface area contributed by atoms with E-state index in [-0.39, 0.29) is 11.4 Å². The maximum absolute atomic E-state index is 13.4. The van der Waals surface area contributed by atoms with Crippen molar-refractivity contribution < 1.29 is 10.2 Å². The Morgan fingerprint density at radius 2 is 1.27 bits per heavy atom. The fourth-order valence-corrected chi connectivity index (χ4v) is 5.10. The van der Waals surface area contributed by atoms with Gasteiger partial charge in [0.15, 0.2) is 0 Å². The number of aromatic nitrogens is 2. The van der Waals surface area contributed by atoms with E-state index in [2.05, 4.69) is 21.9 Å². The van der Waals surface area contributed by atoms with Gasteiger partial charge in [-0.3, -0.25) is 9.13 Å². The summed E-state index contributed by atoms with van der Waals surface area (Å²) in [4.78, 5) is 18.0. The van der Waals surface area contributed by atoms with E-state index < -0.39 is 12.1 Å². The predicted molar refractivity (Wildman–Crippen MR) is 148 cm³/mol. The van der Waals surface area contributed by atoms with E-state index in [1.807, 2.05) is 38.1 Å². The largest absolute Gasteiger partial charge is 0.508 e. The molecule has 1 aliphatic rings. The Morgan fingerprint density at radius 3 is 1.81 bits per heavy atom. The average molecular weight is 519 g/mol. The van der Waals surface area contributed by atoms with Crippen LogP contribution in [-0.2, 0) is 0 Å². The minimum Gasteiger partial charge on any atom is -0.508 e. The van der Waals surface area contributed by atoms with Crippen molar-refractivity contribution in [3.8, 4) is 11.4 Å². The van der Waals surface area contributed by atoms with Crippen LogP contribution in [0.3, 0.4) is 0 Å². The van der Waals surface area contributed by atoms with Gasteiger partial charge in [-0.05, 0) is 80.1 Å². The summed E-state index contributed by atoms with van der Waals surface area (Å²) in [5.41, 5.74) is 4.35. The molecule has 3 aromatic carbocycles. The molecule has 192 valence electrons. The van der Waals surface area contributed by atoms with Crippen LogP contribution in [-0.4, -0.2) is 45.5 Å². The van der Waals surface area contributed by atoms with E-state index in [4.69, 9.17) is 11.6 Å². The highest BCUT2D eigenvalue weighted by molar-refractivity contribution is 6.30. The lowest BCUT2D eigenvalue weighted by molar-refractivity contribution is 0.120. The summed E-state index contributed by atoms with van der Waals surface area (Å²) in [6, 6.07) is 22.0. The van der Waals surface area contributed by atoms with Gasteiger partial charge in [-0.25, -0.2) is 4.79 Å². The Labute approximate surface area is 221 Å². The number of aliphatic hydroxyl groups is 1. The van der Waals surface area contributed by atoms with Gasteiger partial charge in [-0.1, -0.05) is 23.7 Å². The van der Waals surface area contributed by atoms with Crippen molar-refractivity contribution in [2.75, 3.05) is 36.0 Å². The SMILES string of the molecule is Cc1cn(C(C)C(O)c2ccc(Cl)cc2)c(=O)n1-c1ccc(N2CCN(c3ccc(O)cc3)CC2)cc1. The second kappa shape index (κ2) is 10.4. The normalized spacial score (nSPS) is 15.6. The van der Waals surface area contributed by atoms with Gasteiger partial charge < -0.3 is 20.0 Å². The van der Waals surface area contributed by atoms with Crippen LogP contribution in [0.25, 0.3) is 5.69 Å². The van der Waals surface area contributed by atoms with Crippen molar-refractivity contribution in [1.82, 2.24) is 9.13 Å². The number of phenolic OH excluding ortho intramolecular Hbond substituents is 1. The fraction of sp³-hybridized carbons (Fsp3) is 0.276. The monoisotopic (exact) mass is 518 g/mol. The van der Waals surface area contributed by atoms with Crippen molar-refractivity contribution in [2.24, 2.45) is 0 Å². The zero-order valence-electron chi connectivity index (χ0n) is 21.0. The summed E-state index contributed by atoms with van der Waals surface area (Å²) in [5.74, 6) is 0.277. The van der Waals surface area contributed by atoms with E-state index in [9.17, 15) is 15.0 Å². The number of phenols is 1. The number of hydrogen-bond donors (Lipinski definition) is 2. The molecule has 7 nitrogen and oxygen atoms in total. The number of halogens is 1. The minimum absolute atomic E-state index is 0.187. The summed E-state index contributed by atoms with van der Waals surface area (Å²) in [7, 11) is 0. The highest BCUT2D eigenvalue weighted by Crippen LogP contribution is 2.27. The molecule has 0 radical (unpaired) electrons. The topological polar surface area (TPSA) is 73.9 Å². The lowest BCUT2D eigenvalue weighted by Gasteiger charge is -2.37. The Morgan fingerprint density at radius 1 is 0.784 bits per heavy atom. The van der Waals surface area contributed by atoms with Crippen LogP contribution in [0.15, 0.2) is 83.8 Å². The van der Waals surface area contributed by atoms with Crippen LogP contribution in [0.4, 0.5) is 11.4 Å². The Kier molecular flexibility index (Phi) is 7.00. The van der Waals surface area contributed by atoms with Gasteiger partial charge in [0.05, 0.1) is 17.8 Å². The third-order valence-electron chi connectivity index (χ3n) is 7.17. The minimum atomic E-state index is -0.840. The molecule has 2 unspecified atom stereocenters. The second-order valence-electron chi connectivity index (χ2n) is 9.54. The molecule has 0 amide bonds. The number of aliphatic hydroxyl groups excluding tert-OH is 1. The summed E-state index contributed by atoms with van der Waals surface area (Å²) < 4.78 is 3.27. The van der Waals surface area contributed by atoms with E-state index in [0.717, 1.165) is 48.9 Å². The molecule has 2 atom stereocenters. The molecule has 1 aliphatic heterocycles. The molecule has 8 heteroatoms. The van der Waals surface area contributed by atoms with Crippen molar-refractivity contribution in [1.29, 1.82) is 0 Å². The van der Waals surface area contributed by atoms with Gasteiger partial charge in [0, 0.05) is 54.5 Å². The predicted octanol–water partition coefficient (Wildman–Crippen LogP) is 4.93. The van der Waals surface area contributed by atoms with Gasteiger partial charge in [0.1, 0.15) is 5.75 Å². The standard InChI is InChI=1S/C29H31ClN4O3/c1-20-19-33(21(2)28(36)22-3-5-23(30)6-4-22)29(37)34(20)26-9-7-24(8-10-26)31-15-17-32(18-16-31)25-11-13-27(35)14-12-25/h3-14,19,21,28,35-36H,15-18H2,1-2H3. The fourth-order valence-electron chi connectivity index (χ4n) is 4.98. The number of benzene rings is 3. The molecule has 0 saturated carbocycles. The van der Waals surface area contributed by atoms with E-state index in [1.165, 1.54) is 0 Å². The summed E-state index contributed by atoms with van der Waals surface area (Å²) in [5, 5.41) is 21.0.